The molecule has 1 aliphatic carbocycles. The van der Waals surface area contributed by atoms with E-state index in [-0.39, 0.29) is 0 Å². The molecule has 0 atom stereocenters. The third-order valence-corrected chi connectivity index (χ3v) is 3.52. The van der Waals surface area contributed by atoms with E-state index in [0.29, 0.717) is 12.1 Å². The Hall–Kier alpha value is -1.03. The maximum Gasteiger partial charge on any atom is 0.203 e. The van der Waals surface area contributed by atoms with Gasteiger partial charge in [-0.25, -0.2) is 4.98 Å². The summed E-state index contributed by atoms with van der Waals surface area (Å²) in [5.41, 5.74) is 0. The monoisotopic (exact) mass is 251 g/mol. The van der Waals surface area contributed by atoms with Gasteiger partial charge in [-0.15, -0.1) is 0 Å². The number of hydrogen-bond donors (Lipinski definition) is 1. The van der Waals surface area contributed by atoms with Crippen LogP contribution in [0, 0.1) is 0 Å². The summed E-state index contributed by atoms with van der Waals surface area (Å²) in [6.45, 7) is 5.92. The molecule has 1 aromatic heterocycles. The molecule has 1 saturated carbocycles. The number of imidazole rings is 1. The maximum absolute atomic E-state index is 5.88. The molecular weight excluding hydrogens is 226 g/mol. The number of aromatic nitrogens is 2. The first-order chi connectivity index (χ1) is 8.77. The van der Waals surface area contributed by atoms with Gasteiger partial charge in [-0.05, 0) is 26.7 Å². The maximum atomic E-state index is 5.88. The Balaban J connectivity index is 1.66. The van der Waals surface area contributed by atoms with Crippen LogP contribution in [0.1, 0.15) is 52.0 Å². The molecule has 102 valence electrons. The molecule has 1 heterocycles. The van der Waals surface area contributed by atoms with Gasteiger partial charge in [0.15, 0.2) is 0 Å². The average Bonchev–Trinajstić information content (AvgIpc) is 2.84. The summed E-state index contributed by atoms with van der Waals surface area (Å²) in [6.07, 6.45) is 10.8. The average molecular weight is 251 g/mol. The van der Waals surface area contributed by atoms with Gasteiger partial charge in [-0.2, -0.15) is 0 Å². The van der Waals surface area contributed by atoms with Gasteiger partial charge in [0.05, 0.1) is 12.7 Å². The van der Waals surface area contributed by atoms with Gasteiger partial charge in [0, 0.05) is 25.0 Å². The van der Waals surface area contributed by atoms with E-state index in [0.717, 1.165) is 19.1 Å². The number of anilines is 1. The van der Waals surface area contributed by atoms with Crippen LogP contribution in [0.5, 0.6) is 0 Å². The Morgan fingerprint density at radius 2 is 2.17 bits per heavy atom. The van der Waals surface area contributed by atoms with E-state index in [1.54, 1.807) is 0 Å². The Labute approximate surface area is 110 Å². The Kier molecular flexibility index (Phi) is 5.05. The Bertz CT molecular complexity index is 343. The van der Waals surface area contributed by atoms with Crippen LogP contribution in [-0.2, 0) is 4.74 Å². The van der Waals surface area contributed by atoms with Gasteiger partial charge in [-0.1, -0.05) is 19.3 Å². The standard InChI is InChI=1S/C14H25N3O/c1-12(2)17-10-8-15-14(17)16-9-11-18-13-6-4-3-5-7-13/h8,10,12-13H,3-7,9,11H2,1-2H3,(H,15,16). The highest BCUT2D eigenvalue weighted by atomic mass is 16.5. The van der Waals surface area contributed by atoms with Crippen LogP contribution in [0.15, 0.2) is 12.4 Å². The second-order valence-corrected chi connectivity index (χ2v) is 5.31. The summed E-state index contributed by atoms with van der Waals surface area (Å²) in [4.78, 5) is 4.32. The predicted molar refractivity (Wildman–Crippen MR) is 73.9 cm³/mol. The van der Waals surface area contributed by atoms with Crippen molar-refractivity contribution >= 4 is 5.95 Å². The minimum absolute atomic E-state index is 0.439. The fourth-order valence-corrected chi connectivity index (χ4v) is 2.49. The van der Waals surface area contributed by atoms with Crippen molar-refractivity contribution in [2.45, 2.75) is 58.1 Å². The van der Waals surface area contributed by atoms with Gasteiger partial charge in [0.25, 0.3) is 0 Å². The lowest BCUT2D eigenvalue weighted by atomic mass is 9.98. The lowest BCUT2D eigenvalue weighted by molar-refractivity contribution is 0.0347. The van der Waals surface area contributed by atoms with Crippen LogP contribution in [0.4, 0.5) is 5.95 Å². The van der Waals surface area contributed by atoms with Crippen molar-refractivity contribution in [1.29, 1.82) is 0 Å². The largest absolute Gasteiger partial charge is 0.376 e. The fraction of sp³-hybridized carbons (Fsp3) is 0.786. The van der Waals surface area contributed by atoms with Crippen LogP contribution in [0.25, 0.3) is 0 Å². The number of nitrogens with one attached hydrogen (secondary N) is 1. The summed E-state index contributed by atoms with van der Waals surface area (Å²) >= 11 is 0. The second-order valence-electron chi connectivity index (χ2n) is 5.31. The molecule has 1 N–H and O–H groups in total. The highest BCUT2D eigenvalue weighted by Crippen LogP contribution is 2.20. The molecule has 4 heteroatoms. The molecule has 0 radical (unpaired) electrons. The molecule has 0 amide bonds. The molecule has 0 aromatic carbocycles. The van der Waals surface area contributed by atoms with Crippen molar-refractivity contribution in [2.24, 2.45) is 0 Å². The molecule has 0 unspecified atom stereocenters. The van der Waals surface area contributed by atoms with Crippen LogP contribution in [-0.4, -0.2) is 28.8 Å². The van der Waals surface area contributed by atoms with Crippen molar-refractivity contribution < 1.29 is 4.74 Å². The normalized spacial score (nSPS) is 17.3. The number of hydrogen-bond acceptors (Lipinski definition) is 3. The van der Waals surface area contributed by atoms with Gasteiger partial charge < -0.3 is 14.6 Å². The topological polar surface area (TPSA) is 39.1 Å². The van der Waals surface area contributed by atoms with Crippen LogP contribution in [0.2, 0.25) is 0 Å². The number of ether oxygens (including phenoxy) is 1. The van der Waals surface area contributed by atoms with E-state index in [1.807, 2.05) is 12.4 Å². The number of rotatable bonds is 6. The van der Waals surface area contributed by atoms with E-state index in [2.05, 4.69) is 28.7 Å². The zero-order valence-corrected chi connectivity index (χ0v) is 11.6. The molecule has 2 rings (SSSR count). The summed E-state index contributed by atoms with van der Waals surface area (Å²) in [6, 6.07) is 0.439. The lowest BCUT2D eigenvalue weighted by Gasteiger charge is -2.22. The number of nitrogens with zero attached hydrogens (tertiary/aromatic N) is 2. The van der Waals surface area contributed by atoms with Crippen molar-refractivity contribution in [3.05, 3.63) is 12.4 Å². The SMILES string of the molecule is CC(C)n1ccnc1NCCOC1CCCCC1. The second kappa shape index (κ2) is 6.78. The Morgan fingerprint density at radius 1 is 1.39 bits per heavy atom. The molecule has 0 spiro atoms. The minimum Gasteiger partial charge on any atom is -0.376 e. The fourth-order valence-electron chi connectivity index (χ4n) is 2.49. The molecule has 0 bridgehead atoms. The molecule has 4 nitrogen and oxygen atoms in total. The summed E-state index contributed by atoms with van der Waals surface area (Å²) < 4.78 is 8.02. The summed E-state index contributed by atoms with van der Waals surface area (Å²) in [5.74, 6) is 0.942. The lowest BCUT2D eigenvalue weighted by Crippen LogP contribution is -2.21. The predicted octanol–water partition coefficient (Wildman–Crippen LogP) is 3.23. The highest BCUT2D eigenvalue weighted by molar-refractivity contribution is 5.26. The van der Waals surface area contributed by atoms with Gasteiger partial charge in [-0.3, -0.25) is 0 Å². The van der Waals surface area contributed by atoms with E-state index in [1.165, 1.54) is 32.1 Å². The van der Waals surface area contributed by atoms with Crippen LogP contribution >= 0.6 is 0 Å². The Morgan fingerprint density at radius 3 is 2.89 bits per heavy atom. The highest BCUT2D eigenvalue weighted by Gasteiger charge is 2.13. The molecule has 1 aromatic rings. The third-order valence-electron chi connectivity index (χ3n) is 3.52. The van der Waals surface area contributed by atoms with Crippen LogP contribution < -0.4 is 5.32 Å². The van der Waals surface area contributed by atoms with Gasteiger partial charge in [0.2, 0.25) is 5.95 Å². The van der Waals surface area contributed by atoms with Crippen molar-refractivity contribution in [2.75, 3.05) is 18.5 Å². The minimum atomic E-state index is 0.439. The van der Waals surface area contributed by atoms with E-state index in [9.17, 15) is 0 Å². The molecule has 1 aliphatic rings. The molecular formula is C14H25N3O. The summed E-state index contributed by atoms with van der Waals surface area (Å²) in [5, 5.41) is 3.34. The van der Waals surface area contributed by atoms with E-state index < -0.39 is 0 Å². The molecule has 1 fully saturated rings. The molecule has 18 heavy (non-hydrogen) atoms. The van der Waals surface area contributed by atoms with Crippen molar-refractivity contribution in [3.8, 4) is 0 Å². The zero-order valence-electron chi connectivity index (χ0n) is 11.6. The van der Waals surface area contributed by atoms with E-state index >= 15 is 0 Å². The molecule has 0 aliphatic heterocycles. The van der Waals surface area contributed by atoms with Gasteiger partial charge >= 0.3 is 0 Å². The first kappa shape index (κ1) is 13.4. The zero-order chi connectivity index (χ0) is 12.8. The third kappa shape index (κ3) is 3.73. The smallest absolute Gasteiger partial charge is 0.203 e. The molecule has 0 saturated heterocycles. The van der Waals surface area contributed by atoms with Gasteiger partial charge in [0.1, 0.15) is 0 Å². The van der Waals surface area contributed by atoms with Crippen molar-refractivity contribution in [3.63, 3.8) is 0 Å². The first-order valence-electron chi connectivity index (χ1n) is 7.15. The van der Waals surface area contributed by atoms with Crippen LogP contribution in [0.3, 0.4) is 0 Å². The summed E-state index contributed by atoms with van der Waals surface area (Å²) in [7, 11) is 0. The van der Waals surface area contributed by atoms with Crippen molar-refractivity contribution in [1.82, 2.24) is 9.55 Å². The van der Waals surface area contributed by atoms with E-state index in [4.69, 9.17) is 4.74 Å². The first-order valence-corrected chi connectivity index (χ1v) is 7.15. The quantitative estimate of drug-likeness (QED) is 0.789.